The summed E-state index contributed by atoms with van der Waals surface area (Å²) < 4.78 is 86.7. The molecule has 3 aromatic carbocycles. The summed E-state index contributed by atoms with van der Waals surface area (Å²) in [5.74, 6) is -2.08. The van der Waals surface area contributed by atoms with Crippen molar-refractivity contribution >= 4 is 34.4 Å². The minimum Gasteiger partial charge on any atom is -0.451 e. The molecule has 0 spiro atoms. The van der Waals surface area contributed by atoms with Gasteiger partial charge in [0.1, 0.15) is 5.58 Å². The molecule has 0 saturated carbocycles. The van der Waals surface area contributed by atoms with Crippen LogP contribution in [0.1, 0.15) is 56.0 Å². The Labute approximate surface area is 262 Å². The smallest absolute Gasteiger partial charge is 0.416 e. The first-order valence-corrected chi connectivity index (χ1v) is 14.1. The second kappa shape index (κ2) is 12.5. The van der Waals surface area contributed by atoms with Crippen LogP contribution in [0.4, 0.5) is 26.3 Å². The summed E-state index contributed by atoms with van der Waals surface area (Å²) >= 11 is 5.98. The summed E-state index contributed by atoms with van der Waals surface area (Å²) in [5.41, 5.74) is -3.56. The molecule has 1 aliphatic heterocycles. The lowest BCUT2D eigenvalue weighted by molar-refractivity contribution is -0.143. The van der Waals surface area contributed by atoms with Gasteiger partial charge >= 0.3 is 12.4 Å². The molecule has 7 nitrogen and oxygen atoms in total. The van der Waals surface area contributed by atoms with E-state index in [0.29, 0.717) is 22.7 Å². The van der Waals surface area contributed by atoms with Crippen molar-refractivity contribution in [3.05, 3.63) is 116 Å². The lowest BCUT2D eigenvalue weighted by Gasteiger charge is -2.40. The minimum atomic E-state index is -5.13. The maximum atomic E-state index is 13.6. The maximum absolute atomic E-state index is 13.6. The van der Waals surface area contributed by atoms with Crippen LogP contribution >= 0.6 is 11.6 Å². The van der Waals surface area contributed by atoms with Crippen LogP contribution in [0.15, 0.2) is 75.9 Å². The highest BCUT2D eigenvalue weighted by atomic mass is 35.5. The first-order valence-electron chi connectivity index (χ1n) is 13.8. The van der Waals surface area contributed by atoms with Crippen molar-refractivity contribution in [2.45, 2.75) is 43.7 Å². The van der Waals surface area contributed by atoms with E-state index in [0.717, 1.165) is 6.07 Å². The SMILES string of the molecule is N#Cc1ccc2oc(C(=O)N[C@H]3CCN(C(=O)c4cc(C(F)(F)F)cc(C(F)(F)F)c4)[C@H](Cc4ccc(Cl)cc4)C3)cc(=O)c2c1. The van der Waals surface area contributed by atoms with Crippen molar-refractivity contribution in [1.82, 2.24) is 10.2 Å². The van der Waals surface area contributed by atoms with Crippen LogP contribution < -0.4 is 10.7 Å². The lowest BCUT2D eigenvalue weighted by atomic mass is 9.91. The monoisotopic (exact) mass is 661 g/mol. The third-order valence-electron chi connectivity index (χ3n) is 7.61. The highest BCUT2D eigenvalue weighted by molar-refractivity contribution is 6.30. The van der Waals surface area contributed by atoms with Crippen LogP contribution in [-0.4, -0.2) is 35.3 Å². The maximum Gasteiger partial charge on any atom is 0.416 e. The van der Waals surface area contributed by atoms with Gasteiger partial charge in [-0.25, -0.2) is 0 Å². The predicted molar refractivity (Wildman–Crippen MR) is 154 cm³/mol. The third kappa shape index (κ3) is 7.18. The quantitative estimate of drug-likeness (QED) is 0.232. The van der Waals surface area contributed by atoms with Gasteiger partial charge in [-0.05, 0) is 73.4 Å². The van der Waals surface area contributed by atoms with Crippen LogP contribution in [0, 0.1) is 11.3 Å². The average Bonchev–Trinajstić information content (AvgIpc) is 3.00. The van der Waals surface area contributed by atoms with Crippen LogP contribution in [0.3, 0.4) is 0 Å². The van der Waals surface area contributed by atoms with E-state index in [1.807, 2.05) is 6.07 Å². The molecule has 1 N–H and O–H groups in total. The molecule has 238 valence electrons. The summed E-state index contributed by atoms with van der Waals surface area (Å²) in [6, 6.07) is 12.9. The normalized spacial score (nSPS) is 17.0. The first kappa shape index (κ1) is 32.6. The second-order valence-electron chi connectivity index (χ2n) is 10.8. The van der Waals surface area contributed by atoms with Gasteiger partial charge in [0, 0.05) is 35.3 Å². The number of nitrogens with zero attached hydrogens (tertiary/aromatic N) is 2. The van der Waals surface area contributed by atoms with E-state index in [1.165, 1.54) is 23.1 Å². The fraction of sp³-hybridized carbons (Fsp3) is 0.250. The topological polar surface area (TPSA) is 103 Å². The number of likely N-dealkylation sites (tertiary alicyclic amines) is 1. The molecule has 2 heterocycles. The van der Waals surface area contributed by atoms with Gasteiger partial charge in [-0.3, -0.25) is 14.4 Å². The molecule has 4 aromatic rings. The van der Waals surface area contributed by atoms with Crippen LogP contribution in [0.5, 0.6) is 0 Å². The Morgan fingerprint density at radius 1 is 0.957 bits per heavy atom. The van der Waals surface area contributed by atoms with Crippen molar-refractivity contribution in [1.29, 1.82) is 5.26 Å². The van der Waals surface area contributed by atoms with Crippen LogP contribution in [0.25, 0.3) is 11.0 Å². The largest absolute Gasteiger partial charge is 0.451 e. The molecule has 1 aromatic heterocycles. The molecular weight excluding hydrogens is 640 g/mol. The van der Waals surface area contributed by atoms with E-state index in [9.17, 15) is 40.7 Å². The molecule has 1 fully saturated rings. The average molecular weight is 662 g/mol. The second-order valence-corrected chi connectivity index (χ2v) is 11.2. The van der Waals surface area contributed by atoms with E-state index in [-0.39, 0.29) is 54.2 Å². The molecule has 1 saturated heterocycles. The van der Waals surface area contributed by atoms with Crippen molar-refractivity contribution in [3.63, 3.8) is 0 Å². The zero-order valence-electron chi connectivity index (χ0n) is 23.5. The van der Waals surface area contributed by atoms with Crippen molar-refractivity contribution < 1.29 is 40.3 Å². The summed E-state index contributed by atoms with van der Waals surface area (Å²) in [6.45, 7) is -0.113. The number of carbonyl (C=O) groups is 2. The summed E-state index contributed by atoms with van der Waals surface area (Å²) in [5, 5.41) is 12.4. The number of fused-ring (bicyclic) bond motifs is 1. The number of halogens is 7. The zero-order valence-corrected chi connectivity index (χ0v) is 24.3. The number of nitriles is 1. The van der Waals surface area contributed by atoms with Crippen LogP contribution in [-0.2, 0) is 18.8 Å². The number of carbonyl (C=O) groups excluding carboxylic acids is 2. The Morgan fingerprint density at radius 3 is 2.22 bits per heavy atom. The molecule has 0 unspecified atom stereocenters. The highest BCUT2D eigenvalue weighted by Gasteiger charge is 2.39. The van der Waals surface area contributed by atoms with Gasteiger partial charge in [0.15, 0.2) is 11.2 Å². The fourth-order valence-corrected chi connectivity index (χ4v) is 5.50. The van der Waals surface area contributed by atoms with Gasteiger partial charge in [0.25, 0.3) is 11.8 Å². The number of hydrogen-bond donors (Lipinski definition) is 1. The molecule has 46 heavy (non-hydrogen) atoms. The number of benzene rings is 3. The standard InChI is InChI=1S/C32H22ClF6N3O4/c33-22-4-1-17(2-5-22)9-24-14-23(41-29(44)28-15-26(43)25-10-18(16-40)3-6-27(25)46-28)7-8-42(24)30(45)19-11-20(31(34,35)36)13-21(12-19)32(37,38)39/h1-6,10-13,15,23-24H,7-9,14H2,(H,41,44)/t23-,24+/m0/s1. The Bertz CT molecular complexity index is 1880. The molecule has 0 bridgehead atoms. The van der Waals surface area contributed by atoms with E-state index in [1.54, 1.807) is 24.3 Å². The molecule has 14 heteroatoms. The van der Waals surface area contributed by atoms with E-state index < -0.39 is 58.4 Å². The molecule has 0 aliphatic carbocycles. The van der Waals surface area contributed by atoms with Crippen LogP contribution in [0.2, 0.25) is 5.02 Å². The zero-order chi connectivity index (χ0) is 33.4. The fourth-order valence-electron chi connectivity index (χ4n) is 5.37. The summed E-state index contributed by atoms with van der Waals surface area (Å²) in [7, 11) is 0. The number of hydrogen-bond acceptors (Lipinski definition) is 5. The van der Waals surface area contributed by atoms with Gasteiger partial charge in [0.05, 0.1) is 28.1 Å². The van der Waals surface area contributed by atoms with E-state index in [2.05, 4.69) is 5.32 Å². The molecule has 5 rings (SSSR count). The Balaban J connectivity index is 1.43. The van der Waals surface area contributed by atoms with Crippen molar-refractivity contribution in [2.24, 2.45) is 0 Å². The van der Waals surface area contributed by atoms with Gasteiger partial charge in [0.2, 0.25) is 0 Å². The predicted octanol–water partition coefficient (Wildman–Crippen LogP) is 7.00. The Morgan fingerprint density at radius 2 is 1.61 bits per heavy atom. The summed E-state index contributed by atoms with van der Waals surface area (Å²) in [4.78, 5) is 40.5. The lowest BCUT2D eigenvalue weighted by Crippen LogP contribution is -2.52. The number of rotatable bonds is 5. The molecule has 2 atom stereocenters. The van der Waals surface area contributed by atoms with Gasteiger partial charge < -0.3 is 14.6 Å². The number of amides is 2. The molecule has 2 amide bonds. The number of piperidine rings is 1. The molecule has 0 radical (unpaired) electrons. The Kier molecular flexibility index (Phi) is 8.86. The number of nitrogens with one attached hydrogen (secondary N) is 1. The number of alkyl halides is 6. The Hall–Kier alpha value is -4.83. The third-order valence-corrected chi connectivity index (χ3v) is 7.86. The van der Waals surface area contributed by atoms with Gasteiger partial charge in [-0.1, -0.05) is 23.7 Å². The molecule has 1 aliphatic rings. The highest BCUT2D eigenvalue weighted by Crippen LogP contribution is 2.37. The first-order chi connectivity index (χ1) is 21.6. The van der Waals surface area contributed by atoms with Crippen molar-refractivity contribution in [2.75, 3.05) is 6.54 Å². The summed E-state index contributed by atoms with van der Waals surface area (Å²) in [6.07, 6.45) is -9.94. The molecular formula is C32H22ClF6N3O4. The van der Waals surface area contributed by atoms with Gasteiger partial charge in [-0.15, -0.1) is 0 Å². The van der Waals surface area contributed by atoms with Crippen molar-refractivity contribution in [3.8, 4) is 6.07 Å². The minimum absolute atomic E-state index is 0.0443. The van der Waals surface area contributed by atoms with E-state index in [4.69, 9.17) is 21.3 Å². The van der Waals surface area contributed by atoms with E-state index >= 15 is 0 Å². The van der Waals surface area contributed by atoms with Gasteiger partial charge in [-0.2, -0.15) is 31.6 Å².